The van der Waals surface area contributed by atoms with Crippen molar-refractivity contribution in [1.82, 2.24) is 25.3 Å². The Morgan fingerprint density at radius 3 is 2.76 bits per heavy atom. The zero-order chi connectivity index (χ0) is 17.4. The molecule has 0 bridgehead atoms. The molecule has 1 aromatic heterocycles. The fourth-order valence-electron chi connectivity index (χ4n) is 3.39. The highest BCUT2D eigenvalue weighted by Gasteiger charge is 2.33. The number of nitrogens with one attached hydrogen (secondary N) is 1. The zero-order valence-electron chi connectivity index (χ0n) is 14.6. The van der Waals surface area contributed by atoms with Gasteiger partial charge in [0.25, 0.3) is 0 Å². The highest BCUT2D eigenvalue weighted by Crippen LogP contribution is 2.38. The van der Waals surface area contributed by atoms with Gasteiger partial charge in [0.05, 0.1) is 13.1 Å². The van der Waals surface area contributed by atoms with Crippen molar-refractivity contribution in [2.75, 3.05) is 19.6 Å². The van der Waals surface area contributed by atoms with Crippen LogP contribution in [0.4, 0.5) is 0 Å². The van der Waals surface area contributed by atoms with Gasteiger partial charge in [0, 0.05) is 38.0 Å². The van der Waals surface area contributed by atoms with Crippen LogP contribution in [-0.4, -0.2) is 63.5 Å². The van der Waals surface area contributed by atoms with Gasteiger partial charge in [-0.1, -0.05) is 5.16 Å². The second kappa shape index (κ2) is 6.74. The van der Waals surface area contributed by atoms with Gasteiger partial charge >= 0.3 is 0 Å². The van der Waals surface area contributed by atoms with Crippen LogP contribution < -0.4 is 5.32 Å². The summed E-state index contributed by atoms with van der Waals surface area (Å²) < 4.78 is 5.29. The molecule has 1 aliphatic heterocycles. The number of nitrogens with zero attached hydrogens (tertiary/aromatic N) is 4. The topological polar surface area (TPSA) is 91.6 Å². The molecule has 2 saturated carbocycles. The molecule has 2 heterocycles. The van der Waals surface area contributed by atoms with Crippen LogP contribution in [0.5, 0.6) is 0 Å². The third kappa shape index (κ3) is 4.18. The largest absolute Gasteiger partial charge is 0.352 e. The molecule has 1 saturated heterocycles. The van der Waals surface area contributed by atoms with Crippen molar-refractivity contribution in [2.24, 2.45) is 0 Å². The summed E-state index contributed by atoms with van der Waals surface area (Å²) in [5.41, 5.74) is 0. The first-order valence-corrected chi connectivity index (χ1v) is 9.20. The average Bonchev–Trinajstić information content (AvgIpc) is 3.48. The van der Waals surface area contributed by atoms with Crippen LogP contribution in [0.2, 0.25) is 0 Å². The highest BCUT2D eigenvalue weighted by molar-refractivity contribution is 5.78. The van der Waals surface area contributed by atoms with Crippen molar-refractivity contribution in [3.63, 3.8) is 0 Å². The van der Waals surface area contributed by atoms with Crippen LogP contribution in [0, 0.1) is 0 Å². The van der Waals surface area contributed by atoms with Gasteiger partial charge in [-0.15, -0.1) is 0 Å². The Bertz CT molecular complexity index is 652. The van der Waals surface area contributed by atoms with Crippen LogP contribution >= 0.6 is 0 Å². The van der Waals surface area contributed by atoms with Gasteiger partial charge in [-0.05, 0) is 32.1 Å². The SMILES string of the molecule is CC(=O)N(Cc1noc(C2CC2)n1)[C@H]1CCN(CC(=O)NC2CC2)C1. The molecular formula is C17H25N5O3. The number of hydrogen-bond acceptors (Lipinski definition) is 6. The number of rotatable bonds is 7. The second-order valence-corrected chi connectivity index (χ2v) is 7.49. The van der Waals surface area contributed by atoms with Crippen LogP contribution in [-0.2, 0) is 16.1 Å². The molecule has 1 N–H and O–H groups in total. The molecule has 3 fully saturated rings. The number of aromatic nitrogens is 2. The Labute approximate surface area is 146 Å². The van der Waals surface area contributed by atoms with Crippen molar-refractivity contribution in [3.8, 4) is 0 Å². The second-order valence-electron chi connectivity index (χ2n) is 7.49. The Hall–Kier alpha value is -1.96. The number of carbonyl (C=O) groups excluding carboxylic acids is 2. The summed E-state index contributed by atoms with van der Waals surface area (Å²) in [4.78, 5) is 32.4. The van der Waals surface area contributed by atoms with Crippen molar-refractivity contribution in [3.05, 3.63) is 11.7 Å². The van der Waals surface area contributed by atoms with Crippen molar-refractivity contribution in [1.29, 1.82) is 0 Å². The molecule has 2 aliphatic carbocycles. The van der Waals surface area contributed by atoms with Crippen molar-refractivity contribution >= 4 is 11.8 Å². The van der Waals surface area contributed by atoms with E-state index in [1.54, 1.807) is 11.8 Å². The molecule has 25 heavy (non-hydrogen) atoms. The lowest BCUT2D eigenvalue weighted by Crippen LogP contribution is -2.42. The fourth-order valence-corrected chi connectivity index (χ4v) is 3.39. The standard InChI is InChI=1S/C17H25N5O3/c1-11(23)22(9-15-19-17(25-20-15)12-2-3-12)14-6-7-21(8-14)10-16(24)18-13-4-5-13/h12-14H,2-10H2,1H3,(H,18,24)/t14-/m0/s1. The molecule has 0 unspecified atom stereocenters. The van der Waals surface area contributed by atoms with E-state index >= 15 is 0 Å². The molecule has 136 valence electrons. The third-order valence-corrected chi connectivity index (χ3v) is 5.12. The highest BCUT2D eigenvalue weighted by atomic mass is 16.5. The van der Waals surface area contributed by atoms with Gasteiger partial charge in [0.2, 0.25) is 17.7 Å². The van der Waals surface area contributed by atoms with Gasteiger partial charge in [-0.3, -0.25) is 14.5 Å². The van der Waals surface area contributed by atoms with E-state index in [4.69, 9.17) is 4.52 Å². The van der Waals surface area contributed by atoms with Gasteiger partial charge in [-0.25, -0.2) is 0 Å². The monoisotopic (exact) mass is 347 g/mol. The molecule has 8 heteroatoms. The lowest BCUT2D eigenvalue weighted by molar-refractivity contribution is -0.131. The average molecular weight is 347 g/mol. The Morgan fingerprint density at radius 2 is 2.08 bits per heavy atom. The molecule has 2 amide bonds. The van der Waals surface area contributed by atoms with Crippen molar-refractivity contribution in [2.45, 2.75) is 63.6 Å². The summed E-state index contributed by atoms with van der Waals surface area (Å²) in [6, 6.07) is 0.479. The molecular weight excluding hydrogens is 322 g/mol. The minimum absolute atomic E-state index is 0.00653. The summed E-state index contributed by atoms with van der Waals surface area (Å²) >= 11 is 0. The summed E-state index contributed by atoms with van der Waals surface area (Å²) in [5.74, 6) is 1.78. The van der Waals surface area contributed by atoms with Crippen LogP contribution in [0.1, 0.15) is 56.7 Å². The molecule has 3 aliphatic rings. The van der Waals surface area contributed by atoms with E-state index in [0.29, 0.717) is 43.3 Å². The third-order valence-electron chi connectivity index (χ3n) is 5.12. The maximum absolute atomic E-state index is 12.1. The zero-order valence-corrected chi connectivity index (χ0v) is 14.6. The summed E-state index contributed by atoms with van der Waals surface area (Å²) in [6.07, 6.45) is 5.28. The van der Waals surface area contributed by atoms with Gasteiger partial charge in [-0.2, -0.15) is 4.98 Å². The molecule has 0 spiro atoms. The van der Waals surface area contributed by atoms with E-state index < -0.39 is 0 Å². The number of hydrogen-bond donors (Lipinski definition) is 1. The van der Waals surface area contributed by atoms with Gasteiger partial charge in [0.15, 0.2) is 5.82 Å². The van der Waals surface area contributed by atoms with E-state index in [1.165, 1.54) is 0 Å². The lowest BCUT2D eigenvalue weighted by atomic mass is 10.2. The first kappa shape index (κ1) is 16.5. The van der Waals surface area contributed by atoms with Crippen LogP contribution in [0.3, 0.4) is 0 Å². The fraction of sp³-hybridized carbons (Fsp3) is 0.765. The van der Waals surface area contributed by atoms with Gasteiger partial charge in [0.1, 0.15) is 0 Å². The van der Waals surface area contributed by atoms with Crippen LogP contribution in [0.15, 0.2) is 4.52 Å². The normalized spacial score (nSPS) is 23.6. The molecule has 4 rings (SSSR count). The predicted molar refractivity (Wildman–Crippen MR) is 88.5 cm³/mol. The molecule has 1 atom stereocenters. The van der Waals surface area contributed by atoms with Crippen molar-refractivity contribution < 1.29 is 14.1 Å². The summed E-state index contributed by atoms with van der Waals surface area (Å²) in [5, 5.41) is 7.03. The van der Waals surface area contributed by atoms with Crippen LogP contribution in [0.25, 0.3) is 0 Å². The number of likely N-dealkylation sites (tertiary alicyclic amines) is 1. The number of amides is 2. The smallest absolute Gasteiger partial charge is 0.234 e. The van der Waals surface area contributed by atoms with Gasteiger partial charge < -0.3 is 14.7 Å². The molecule has 8 nitrogen and oxygen atoms in total. The maximum Gasteiger partial charge on any atom is 0.234 e. The maximum atomic E-state index is 12.1. The van der Waals surface area contributed by atoms with E-state index in [1.807, 2.05) is 0 Å². The lowest BCUT2D eigenvalue weighted by Gasteiger charge is -2.26. The molecule has 0 radical (unpaired) electrons. The number of carbonyl (C=O) groups is 2. The van der Waals surface area contributed by atoms with E-state index in [0.717, 1.165) is 38.6 Å². The molecule has 0 aromatic carbocycles. The quantitative estimate of drug-likeness (QED) is 0.779. The first-order valence-electron chi connectivity index (χ1n) is 9.20. The predicted octanol–water partition coefficient (Wildman–Crippen LogP) is 0.648. The van der Waals surface area contributed by atoms with E-state index in [9.17, 15) is 9.59 Å². The Balaban J connectivity index is 1.32. The Kier molecular flexibility index (Phi) is 4.45. The van der Waals surface area contributed by atoms with E-state index in [2.05, 4.69) is 20.4 Å². The first-order chi connectivity index (χ1) is 12.1. The minimum Gasteiger partial charge on any atom is -0.352 e. The Morgan fingerprint density at radius 1 is 1.28 bits per heavy atom. The summed E-state index contributed by atoms with van der Waals surface area (Å²) in [7, 11) is 0. The molecule has 1 aromatic rings. The summed E-state index contributed by atoms with van der Waals surface area (Å²) in [6.45, 7) is 3.90. The van der Waals surface area contributed by atoms with E-state index in [-0.39, 0.29) is 17.9 Å². The minimum atomic E-state index is 0.00653.